The van der Waals surface area contributed by atoms with Crippen LogP contribution in [0.15, 0.2) is 42.9 Å². The summed E-state index contributed by atoms with van der Waals surface area (Å²) in [7, 11) is 0. The molecule has 0 saturated carbocycles. The van der Waals surface area contributed by atoms with E-state index in [1.54, 1.807) is 0 Å². The van der Waals surface area contributed by atoms with Crippen molar-refractivity contribution in [2.24, 2.45) is 0 Å². The molecule has 0 fully saturated rings. The van der Waals surface area contributed by atoms with Crippen LogP contribution in [0.25, 0.3) is 11.0 Å². The lowest BCUT2D eigenvalue weighted by Crippen LogP contribution is -2.36. The molecular weight excluding hydrogens is 294 g/mol. The molecular formula is C16H15N5O2. The van der Waals surface area contributed by atoms with E-state index >= 15 is 0 Å². The molecule has 1 unspecified atom stereocenters. The van der Waals surface area contributed by atoms with Crippen molar-refractivity contribution in [1.82, 2.24) is 24.8 Å². The van der Waals surface area contributed by atoms with E-state index in [0.29, 0.717) is 25.5 Å². The van der Waals surface area contributed by atoms with Crippen LogP contribution >= 0.6 is 0 Å². The molecule has 116 valence electrons. The first-order chi connectivity index (χ1) is 11.3. The third kappa shape index (κ3) is 2.55. The molecule has 1 amide bonds. The molecule has 1 aliphatic heterocycles. The normalized spacial score (nSPS) is 17.0. The van der Waals surface area contributed by atoms with Crippen molar-refractivity contribution < 1.29 is 9.53 Å². The number of ether oxygens (including phenoxy) is 1. The maximum absolute atomic E-state index is 12.1. The number of carbonyl (C=O) groups is 1. The van der Waals surface area contributed by atoms with Gasteiger partial charge in [0, 0.05) is 18.9 Å². The summed E-state index contributed by atoms with van der Waals surface area (Å²) >= 11 is 0. The SMILES string of the molecule is O=C(NCC1COCc2nc3ccccc3n21)c1cnccn1. The van der Waals surface area contributed by atoms with Crippen molar-refractivity contribution in [2.45, 2.75) is 12.6 Å². The zero-order chi connectivity index (χ0) is 15.6. The Morgan fingerprint density at radius 1 is 1.35 bits per heavy atom. The number of imidazole rings is 1. The Labute approximate surface area is 132 Å². The van der Waals surface area contributed by atoms with Crippen LogP contribution in [0.1, 0.15) is 22.4 Å². The number of nitrogens with zero attached hydrogens (tertiary/aromatic N) is 4. The summed E-state index contributed by atoms with van der Waals surface area (Å²) in [5, 5.41) is 2.89. The molecule has 23 heavy (non-hydrogen) atoms. The van der Waals surface area contributed by atoms with E-state index in [-0.39, 0.29) is 11.9 Å². The number of aromatic nitrogens is 4. The number of para-hydroxylation sites is 2. The first-order valence-corrected chi connectivity index (χ1v) is 7.41. The van der Waals surface area contributed by atoms with Gasteiger partial charge in [-0.15, -0.1) is 0 Å². The second kappa shape index (κ2) is 5.77. The second-order valence-electron chi connectivity index (χ2n) is 5.36. The second-order valence-corrected chi connectivity index (χ2v) is 5.36. The van der Waals surface area contributed by atoms with E-state index in [1.165, 1.54) is 18.6 Å². The van der Waals surface area contributed by atoms with Crippen LogP contribution in [0.5, 0.6) is 0 Å². The number of carbonyl (C=O) groups excluding carboxylic acids is 1. The molecule has 1 aliphatic rings. The molecule has 0 bridgehead atoms. The van der Waals surface area contributed by atoms with Crippen molar-refractivity contribution in [3.05, 3.63) is 54.4 Å². The Hall–Kier alpha value is -2.80. The molecule has 3 aromatic rings. The van der Waals surface area contributed by atoms with Gasteiger partial charge in [-0.3, -0.25) is 9.78 Å². The monoisotopic (exact) mass is 309 g/mol. The third-order valence-electron chi connectivity index (χ3n) is 3.87. The van der Waals surface area contributed by atoms with Gasteiger partial charge in [0.2, 0.25) is 0 Å². The maximum Gasteiger partial charge on any atom is 0.271 e. The third-order valence-corrected chi connectivity index (χ3v) is 3.87. The standard InChI is InChI=1S/C16H15N5O2/c22-16(13-8-17-5-6-18-13)19-7-11-9-23-10-15-20-12-3-1-2-4-14(12)21(11)15/h1-6,8,11H,7,9-10H2,(H,19,22). The zero-order valence-electron chi connectivity index (χ0n) is 12.3. The summed E-state index contributed by atoms with van der Waals surface area (Å²) in [6.07, 6.45) is 4.49. The molecule has 0 saturated heterocycles. The quantitative estimate of drug-likeness (QED) is 0.789. The molecule has 0 spiro atoms. The Bertz CT molecular complexity index is 846. The Kier molecular flexibility index (Phi) is 3.47. The average molecular weight is 309 g/mol. The Balaban J connectivity index is 1.56. The summed E-state index contributed by atoms with van der Waals surface area (Å²) in [5.41, 5.74) is 2.31. The highest BCUT2D eigenvalue weighted by Gasteiger charge is 2.24. The summed E-state index contributed by atoms with van der Waals surface area (Å²) in [6, 6.07) is 7.98. The van der Waals surface area contributed by atoms with Crippen molar-refractivity contribution in [3.8, 4) is 0 Å². The molecule has 1 atom stereocenters. The predicted molar refractivity (Wildman–Crippen MR) is 82.8 cm³/mol. The van der Waals surface area contributed by atoms with Gasteiger partial charge in [0.05, 0.1) is 29.9 Å². The van der Waals surface area contributed by atoms with Gasteiger partial charge >= 0.3 is 0 Å². The fourth-order valence-corrected chi connectivity index (χ4v) is 2.83. The molecule has 0 aliphatic carbocycles. The highest BCUT2D eigenvalue weighted by molar-refractivity contribution is 5.91. The van der Waals surface area contributed by atoms with Crippen LogP contribution in [0.4, 0.5) is 0 Å². The van der Waals surface area contributed by atoms with E-state index in [9.17, 15) is 4.79 Å². The van der Waals surface area contributed by atoms with Gasteiger partial charge in [-0.05, 0) is 12.1 Å². The largest absolute Gasteiger partial charge is 0.371 e. The lowest BCUT2D eigenvalue weighted by molar-refractivity contribution is 0.0552. The number of rotatable bonds is 3. The molecule has 0 radical (unpaired) electrons. The van der Waals surface area contributed by atoms with Crippen LogP contribution in [-0.4, -0.2) is 38.6 Å². The van der Waals surface area contributed by atoms with Crippen molar-refractivity contribution >= 4 is 16.9 Å². The smallest absolute Gasteiger partial charge is 0.271 e. The number of benzene rings is 1. The Morgan fingerprint density at radius 2 is 2.26 bits per heavy atom. The number of hydrogen-bond acceptors (Lipinski definition) is 5. The zero-order valence-corrected chi connectivity index (χ0v) is 12.3. The minimum Gasteiger partial charge on any atom is -0.371 e. The van der Waals surface area contributed by atoms with Gasteiger partial charge in [-0.1, -0.05) is 12.1 Å². The van der Waals surface area contributed by atoms with Crippen molar-refractivity contribution in [2.75, 3.05) is 13.2 Å². The van der Waals surface area contributed by atoms with Crippen molar-refractivity contribution in [3.63, 3.8) is 0 Å². The molecule has 4 rings (SSSR count). The van der Waals surface area contributed by atoms with Crippen LogP contribution in [-0.2, 0) is 11.3 Å². The highest BCUT2D eigenvalue weighted by atomic mass is 16.5. The summed E-state index contributed by atoms with van der Waals surface area (Å²) in [4.78, 5) is 24.6. The molecule has 3 heterocycles. The van der Waals surface area contributed by atoms with Gasteiger partial charge in [0.25, 0.3) is 5.91 Å². The van der Waals surface area contributed by atoms with Crippen LogP contribution in [0.3, 0.4) is 0 Å². The molecule has 7 heteroatoms. The van der Waals surface area contributed by atoms with Gasteiger partial charge < -0.3 is 14.6 Å². The summed E-state index contributed by atoms with van der Waals surface area (Å²) in [6.45, 7) is 1.47. The van der Waals surface area contributed by atoms with E-state index in [2.05, 4.69) is 24.8 Å². The van der Waals surface area contributed by atoms with Gasteiger partial charge in [-0.2, -0.15) is 0 Å². The minimum absolute atomic E-state index is 0.00627. The van der Waals surface area contributed by atoms with Crippen molar-refractivity contribution in [1.29, 1.82) is 0 Å². The first kappa shape index (κ1) is 13.8. The van der Waals surface area contributed by atoms with Gasteiger partial charge in [0.15, 0.2) is 0 Å². The fraction of sp³-hybridized carbons (Fsp3) is 0.250. The topological polar surface area (TPSA) is 81.9 Å². The van der Waals surface area contributed by atoms with E-state index in [1.807, 2.05) is 24.3 Å². The van der Waals surface area contributed by atoms with E-state index < -0.39 is 0 Å². The molecule has 7 nitrogen and oxygen atoms in total. The Morgan fingerprint density at radius 3 is 3.13 bits per heavy atom. The van der Waals surface area contributed by atoms with Crippen LogP contribution in [0.2, 0.25) is 0 Å². The molecule has 1 aromatic carbocycles. The van der Waals surface area contributed by atoms with E-state index in [4.69, 9.17) is 4.74 Å². The first-order valence-electron chi connectivity index (χ1n) is 7.41. The lowest BCUT2D eigenvalue weighted by atomic mass is 10.2. The minimum atomic E-state index is -0.241. The fourth-order valence-electron chi connectivity index (χ4n) is 2.83. The predicted octanol–water partition coefficient (Wildman–Crippen LogP) is 1.33. The maximum atomic E-state index is 12.1. The van der Waals surface area contributed by atoms with Gasteiger partial charge in [-0.25, -0.2) is 9.97 Å². The average Bonchev–Trinajstić information content (AvgIpc) is 2.99. The number of amides is 1. The van der Waals surface area contributed by atoms with Crippen LogP contribution < -0.4 is 5.32 Å². The van der Waals surface area contributed by atoms with Gasteiger partial charge in [0.1, 0.15) is 18.1 Å². The number of hydrogen-bond donors (Lipinski definition) is 1. The molecule has 2 aromatic heterocycles. The molecule has 1 N–H and O–H groups in total. The summed E-state index contributed by atoms with van der Waals surface area (Å²) < 4.78 is 7.76. The summed E-state index contributed by atoms with van der Waals surface area (Å²) in [5.74, 6) is 0.644. The lowest BCUT2D eigenvalue weighted by Gasteiger charge is -2.26. The number of fused-ring (bicyclic) bond motifs is 3. The number of nitrogens with one attached hydrogen (secondary N) is 1. The highest BCUT2D eigenvalue weighted by Crippen LogP contribution is 2.25. The van der Waals surface area contributed by atoms with E-state index in [0.717, 1.165) is 16.9 Å². The van der Waals surface area contributed by atoms with Crippen LogP contribution in [0, 0.1) is 0 Å².